The lowest BCUT2D eigenvalue weighted by atomic mass is 9.96. The van der Waals surface area contributed by atoms with Crippen LogP contribution in [0.15, 0.2) is 18.2 Å². The molecule has 0 radical (unpaired) electrons. The van der Waals surface area contributed by atoms with E-state index in [0.717, 1.165) is 28.2 Å². The number of benzene rings is 1. The van der Waals surface area contributed by atoms with E-state index in [2.05, 4.69) is 37.9 Å². The number of carbonyl (C=O) groups is 2. The normalized spacial score (nSPS) is 17.2. The third-order valence-electron chi connectivity index (χ3n) is 6.22. The predicted molar refractivity (Wildman–Crippen MR) is 147 cm³/mol. The molecule has 0 unspecified atom stereocenters. The van der Waals surface area contributed by atoms with Gasteiger partial charge in [-0.05, 0) is 53.1 Å². The lowest BCUT2D eigenvalue weighted by molar-refractivity contribution is -0.139. The summed E-state index contributed by atoms with van der Waals surface area (Å²) in [5.74, 6) is -0.292. The molecule has 0 saturated carbocycles. The monoisotopic (exact) mass is 532 g/mol. The zero-order valence-electron chi connectivity index (χ0n) is 23.9. The van der Waals surface area contributed by atoms with Crippen molar-refractivity contribution in [1.82, 2.24) is 20.0 Å². The second kappa shape index (κ2) is 11.1. The molecule has 3 rings (SSSR count). The van der Waals surface area contributed by atoms with E-state index in [1.165, 1.54) is 4.90 Å². The van der Waals surface area contributed by atoms with Crippen LogP contribution < -0.4 is 5.32 Å². The largest absolute Gasteiger partial charge is 0.444 e. The van der Waals surface area contributed by atoms with E-state index in [0.29, 0.717) is 19.9 Å². The summed E-state index contributed by atoms with van der Waals surface area (Å²) in [6.07, 6.45) is -1.23. The van der Waals surface area contributed by atoms with E-state index in [4.69, 9.17) is 19.3 Å². The molecule has 1 aliphatic rings. The first-order chi connectivity index (χ1) is 17.1. The summed E-state index contributed by atoms with van der Waals surface area (Å²) in [7, 11) is -1.19. The number of carbonyl (C=O) groups excluding carboxylic acids is 2. The molecular weight excluding hydrogens is 488 g/mol. The zero-order valence-corrected chi connectivity index (χ0v) is 24.9. The molecule has 206 valence electrons. The van der Waals surface area contributed by atoms with Gasteiger partial charge in [0.1, 0.15) is 12.3 Å². The molecule has 1 aliphatic heterocycles. The third kappa shape index (κ3) is 7.78. The van der Waals surface area contributed by atoms with Crippen LogP contribution in [-0.4, -0.2) is 72.8 Å². The highest BCUT2D eigenvalue weighted by molar-refractivity contribution is 6.76. The van der Waals surface area contributed by atoms with Crippen molar-refractivity contribution < 1.29 is 23.8 Å². The highest BCUT2D eigenvalue weighted by Crippen LogP contribution is 2.30. The molecule has 37 heavy (non-hydrogen) atoms. The lowest BCUT2D eigenvalue weighted by Gasteiger charge is -2.35. The number of fused-ring (bicyclic) bond motifs is 1. The van der Waals surface area contributed by atoms with Crippen molar-refractivity contribution in [1.29, 1.82) is 0 Å². The number of amides is 2. The minimum Gasteiger partial charge on any atom is -0.444 e. The summed E-state index contributed by atoms with van der Waals surface area (Å²) < 4.78 is 19.1. The number of nitrogens with one attached hydrogen (secondary N) is 1. The summed E-state index contributed by atoms with van der Waals surface area (Å²) in [5.41, 5.74) is 1.46. The van der Waals surface area contributed by atoms with Crippen LogP contribution in [-0.2, 0) is 31.3 Å². The molecule has 1 saturated heterocycles. The average Bonchev–Trinajstić information content (AvgIpc) is 3.16. The Labute approximate surface area is 221 Å². The SMILES string of the molecule is Cc1cccc2c(C(C)(C)NC(=O)[C@@H]3CN(C(=O)OC(C)(C)C)CCO3)nn(COCC[Si](C)(C)C)c12. The maximum atomic E-state index is 13.3. The predicted octanol–water partition coefficient (Wildman–Crippen LogP) is 4.64. The number of para-hydroxylation sites is 1. The fourth-order valence-corrected chi connectivity index (χ4v) is 5.01. The van der Waals surface area contributed by atoms with Gasteiger partial charge in [-0.3, -0.25) is 4.79 Å². The van der Waals surface area contributed by atoms with Gasteiger partial charge in [0.05, 0.1) is 29.9 Å². The van der Waals surface area contributed by atoms with E-state index in [1.54, 1.807) is 0 Å². The highest BCUT2D eigenvalue weighted by Gasteiger charge is 2.36. The van der Waals surface area contributed by atoms with Crippen molar-refractivity contribution in [3.8, 4) is 0 Å². The molecule has 1 aromatic heterocycles. The molecule has 2 amide bonds. The second-order valence-corrected chi connectivity index (χ2v) is 18.2. The molecule has 1 N–H and O–H groups in total. The Bertz CT molecular complexity index is 1120. The number of morpholine rings is 1. The lowest BCUT2D eigenvalue weighted by Crippen LogP contribution is -2.55. The first kappa shape index (κ1) is 29.1. The quantitative estimate of drug-likeness (QED) is 0.393. The van der Waals surface area contributed by atoms with Gasteiger partial charge in [0.25, 0.3) is 5.91 Å². The van der Waals surface area contributed by atoms with Crippen molar-refractivity contribution >= 4 is 31.0 Å². The first-order valence-corrected chi connectivity index (χ1v) is 16.7. The van der Waals surface area contributed by atoms with Gasteiger partial charge in [0, 0.05) is 26.6 Å². The Morgan fingerprint density at radius 3 is 2.54 bits per heavy atom. The number of hydrogen-bond acceptors (Lipinski definition) is 6. The molecule has 0 bridgehead atoms. The number of rotatable bonds is 8. The van der Waals surface area contributed by atoms with Crippen molar-refractivity contribution in [3.63, 3.8) is 0 Å². The first-order valence-electron chi connectivity index (χ1n) is 13.0. The van der Waals surface area contributed by atoms with Gasteiger partial charge in [-0.15, -0.1) is 0 Å². The summed E-state index contributed by atoms with van der Waals surface area (Å²) in [6, 6.07) is 7.17. The van der Waals surface area contributed by atoms with Gasteiger partial charge < -0.3 is 24.4 Å². The fraction of sp³-hybridized carbons (Fsp3) is 0.667. The Balaban J connectivity index is 1.76. The van der Waals surface area contributed by atoms with E-state index >= 15 is 0 Å². The number of aromatic nitrogens is 2. The molecule has 2 heterocycles. The Morgan fingerprint density at radius 2 is 1.89 bits per heavy atom. The van der Waals surface area contributed by atoms with Gasteiger partial charge in [-0.2, -0.15) is 5.10 Å². The molecule has 9 nitrogen and oxygen atoms in total. The Morgan fingerprint density at radius 1 is 1.19 bits per heavy atom. The summed E-state index contributed by atoms with van der Waals surface area (Å²) in [5, 5.41) is 8.98. The maximum Gasteiger partial charge on any atom is 0.410 e. The van der Waals surface area contributed by atoms with Crippen LogP contribution in [0.4, 0.5) is 4.79 Å². The van der Waals surface area contributed by atoms with Crippen molar-refractivity contribution in [3.05, 3.63) is 29.5 Å². The number of hydrogen-bond donors (Lipinski definition) is 1. The smallest absolute Gasteiger partial charge is 0.410 e. The van der Waals surface area contributed by atoms with E-state index in [1.807, 2.05) is 51.4 Å². The topological polar surface area (TPSA) is 94.9 Å². The van der Waals surface area contributed by atoms with Crippen LogP contribution in [0.1, 0.15) is 45.9 Å². The molecule has 1 fully saturated rings. The molecular formula is C27H44N4O5Si. The van der Waals surface area contributed by atoms with Crippen molar-refractivity contribution in [2.45, 2.75) is 91.2 Å². The van der Waals surface area contributed by atoms with Crippen LogP contribution in [0.5, 0.6) is 0 Å². The summed E-state index contributed by atoms with van der Waals surface area (Å²) in [6.45, 7) is 20.2. The van der Waals surface area contributed by atoms with Crippen molar-refractivity contribution in [2.24, 2.45) is 0 Å². The van der Waals surface area contributed by atoms with Crippen LogP contribution >= 0.6 is 0 Å². The number of nitrogens with zero attached hydrogens (tertiary/aromatic N) is 3. The van der Waals surface area contributed by atoms with Crippen LogP contribution in [0.3, 0.4) is 0 Å². The number of ether oxygens (including phenoxy) is 3. The standard InChI is InChI=1S/C27H44N4O5Si/c1-19-11-10-12-20-22(19)31(18-34-15-16-37(7,8)9)29-23(20)27(5,6)28-24(32)21-17-30(13-14-35-21)25(33)36-26(2,3)4/h10-12,21H,13-18H2,1-9H3,(H,28,32)/t21-/m0/s1. The molecule has 1 aromatic carbocycles. The van der Waals surface area contributed by atoms with Crippen LogP contribution in [0.2, 0.25) is 25.7 Å². The van der Waals surface area contributed by atoms with E-state index in [-0.39, 0.29) is 19.1 Å². The van der Waals surface area contributed by atoms with Gasteiger partial charge in [-0.25, -0.2) is 9.48 Å². The van der Waals surface area contributed by atoms with Gasteiger partial charge >= 0.3 is 6.09 Å². The van der Waals surface area contributed by atoms with E-state index in [9.17, 15) is 9.59 Å². The fourth-order valence-electron chi connectivity index (χ4n) is 4.25. The van der Waals surface area contributed by atoms with Crippen molar-refractivity contribution in [2.75, 3.05) is 26.3 Å². The highest BCUT2D eigenvalue weighted by atomic mass is 28.3. The summed E-state index contributed by atoms with van der Waals surface area (Å²) in [4.78, 5) is 27.3. The third-order valence-corrected chi connectivity index (χ3v) is 7.92. The Hall–Kier alpha value is -2.43. The number of aryl methyl sites for hydroxylation is 1. The molecule has 1 atom stereocenters. The maximum absolute atomic E-state index is 13.3. The average molecular weight is 533 g/mol. The van der Waals surface area contributed by atoms with Gasteiger partial charge in [-0.1, -0.05) is 37.8 Å². The molecule has 0 spiro atoms. The van der Waals surface area contributed by atoms with Crippen LogP contribution in [0, 0.1) is 6.92 Å². The van der Waals surface area contributed by atoms with Gasteiger partial charge in [0.15, 0.2) is 6.10 Å². The van der Waals surface area contributed by atoms with Crippen LogP contribution in [0.25, 0.3) is 10.9 Å². The molecule has 0 aliphatic carbocycles. The Kier molecular flexibility index (Phi) is 8.76. The van der Waals surface area contributed by atoms with E-state index < -0.39 is 31.4 Å². The summed E-state index contributed by atoms with van der Waals surface area (Å²) >= 11 is 0. The zero-order chi connectivity index (χ0) is 27.6. The second-order valence-electron chi connectivity index (χ2n) is 12.6. The minimum absolute atomic E-state index is 0.135. The molecule has 2 aromatic rings. The van der Waals surface area contributed by atoms with Gasteiger partial charge in [0.2, 0.25) is 0 Å². The molecule has 10 heteroatoms. The minimum atomic E-state index is -1.19.